The van der Waals surface area contributed by atoms with Crippen molar-refractivity contribution in [3.63, 3.8) is 0 Å². The largest absolute Gasteiger partial charge is 0.392 e. The molecule has 0 fully saturated rings. The molecule has 86 valence electrons. The lowest BCUT2D eigenvalue weighted by atomic mass is 10.2. The second-order valence-corrected chi connectivity index (χ2v) is 4.71. The summed E-state index contributed by atoms with van der Waals surface area (Å²) in [6.07, 6.45) is 7.06. The third-order valence-electron chi connectivity index (χ3n) is 2.63. The van der Waals surface area contributed by atoms with Gasteiger partial charge >= 0.3 is 0 Å². The lowest BCUT2D eigenvalue weighted by Gasteiger charge is -2.02. The van der Waals surface area contributed by atoms with Gasteiger partial charge < -0.3 is 9.67 Å². The zero-order valence-electron chi connectivity index (χ0n) is 9.39. The van der Waals surface area contributed by atoms with Crippen LogP contribution in [0.25, 0.3) is 11.0 Å². The first-order valence-corrected chi connectivity index (χ1v) is 6.78. The molecule has 0 saturated carbocycles. The van der Waals surface area contributed by atoms with E-state index in [4.69, 9.17) is 0 Å². The van der Waals surface area contributed by atoms with Crippen LogP contribution in [0.5, 0.6) is 0 Å². The monoisotopic (exact) mass is 236 g/mol. The Kier molecular flexibility index (Phi) is 3.85. The molecule has 4 heteroatoms. The van der Waals surface area contributed by atoms with E-state index in [-0.39, 0.29) is 6.61 Å². The van der Waals surface area contributed by atoms with E-state index in [0.717, 1.165) is 35.3 Å². The minimum Gasteiger partial charge on any atom is -0.392 e. The van der Waals surface area contributed by atoms with Crippen molar-refractivity contribution in [3.8, 4) is 0 Å². The lowest BCUT2D eigenvalue weighted by Crippen LogP contribution is -1.98. The van der Waals surface area contributed by atoms with E-state index in [9.17, 15) is 5.11 Å². The van der Waals surface area contributed by atoms with Gasteiger partial charge in [-0.3, -0.25) is 0 Å². The Bertz CT molecular complexity index is 467. The number of fused-ring (bicyclic) bond motifs is 1. The zero-order chi connectivity index (χ0) is 11.4. The highest BCUT2D eigenvalue weighted by Crippen LogP contribution is 2.19. The topological polar surface area (TPSA) is 38.0 Å². The van der Waals surface area contributed by atoms with Gasteiger partial charge in [-0.25, -0.2) is 4.98 Å². The first-order valence-electron chi connectivity index (χ1n) is 5.39. The van der Waals surface area contributed by atoms with E-state index in [1.807, 2.05) is 30.1 Å². The number of hydrogen-bond donors (Lipinski definition) is 1. The van der Waals surface area contributed by atoms with Crippen molar-refractivity contribution in [2.24, 2.45) is 0 Å². The van der Waals surface area contributed by atoms with Gasteiger partial charge in [-0.05, 0) is 30.6 Å². The fraction of sp³-hybridized carbons (Fsp3) is 0.417. The molecule has 0 bridgehead atoms. The van der Waals surface area contributed by atoms with Crippen LogP contribution >= 0.6 is 11.8 Å². The van der Waals surface area contributed by atoms with Crippen LogP contribution in [0.15, 0.2) is 24.5 Å². The second kappa shape index (κ2) is 5.37. The number of hydrogen-bond acceptors (Lipinski definition) is 3. The second-order valence-electron chi connectivity index (χ2n) is 3.73. The van der Waals surface area contributed by atoms with Crippen LogP contribution in [0, 0.1) is 0 Å². The maximum atomic E-state index is 9.28. The van der Waals surface area contributed by atoms with Crippen molar-refractivity contribution in [2.45, 2.75) is 19.6 Å². The Morgan fingerprint density at radius 2 is 2.38 bits per heavy atom. The molecule has 0 aliphatic rings. The fourth-order valence-corrected chi connectivity index (χ4v) is 2.29. The number of rotatable bonds is 5. The molecule has 2 rings (SSSR count). The molecule has 1 N–H and O–H groups in total. The molecule has 16 heavy (non-hydrogen) atoms. The molecular formula is C12H16N2OS. The van der Waals surface area contributed by atoms with Crippen LogP contribution in [0.3, 0.4) is 0 Å². The summed E-state index contributed by atoms with van der Waals surface area (Å²) < 4.78 is 2.14. The Hall–Kier alpha value is -1.00. The number of aliphatic hydroxyl groups excluding tert-OH is 1. The Morgan fingerprint density at radius 1 is 1.50 bits per heavy atom. The number of thioether (sulfide) groups is 1. The number of nitrogens with zero attached hydrogens (tertiary/aromatic N) is 2. The van der Waals surface area contributed by atoms with Gasteiger partial charge in [0.05, 0.1) is 6.61 Å². The molecule has 0 spiro atoms. The van der Waals surface area contributed by atoms with Crippen LogP contribution in [-0.4, -0.2) is 26.7 Å². The van der Waals surface area contributed by atoms with Gasteiger partial charge in [0.25, 0.3) is 0 Å². The highest BCUT2D eigenvalue weighted by Gasteiger charge is 2.07. The maximum Gasteiger partial charge on any atom is 0.140 e. The molecule has 0 aliphatic heterocycles. The van der Waals surface area contributed by atoms with Gasteiger partial charge in [0.15, 0.2) is 0 Å². The highest BCUT2D eigenvalue weighted by atomic mass is 32.2. The van der Waals surface area contributed by atoms with Crippen molar-refractivity contribution in [1.82, 2.24) is 9.55 Å². The minimum absolute atomic E-state index is 0.0811. The molecule has 0 amide bonds. The number of aliphatic hydroxyl groups is 1. The summed E-state index contributed by atoms with van der Waals surface area (Å²) in [4.78, 5) is 4.37. The van der Waals surface area contributed by atoms with Crippen molar-refractivity contribution in [2.75, 3.05) is 12.0 Å². The summed E-state index contributed by atoms with van der Waals surface area (Å²) in [6, 6.07) is 3.92. The van der Waals surface area contributed by atoms with E-state index in [1.54, 1.807) is 6.20 Å². The van der Waals surface area contributed by atoms with Gasteiger partial charge in [-0.1, -0.05) is 0 Å². The molecule has 0 unspecified atom stereocenters. The van der Waals surface area contributed by atoms with Crippen molar-refractivity contribution in [1.29, 1.82) is 0 Å². The van der Waals surface area contributed by atoms with Crippen LogP contribution in [0.2, 0.25) is 0 Å². The van der Waals surface area contributed by atoms with E-state index in [1.165, 1.54) is 0 Å². The molecule has 0 radical (unpaired) electrons. The van der Waals surface area contributed by atoms with Crippen LogP contribution in [0.4, 0.5) is 0 Å². The van der Waals surface area contributed by atoms with Gasteiger partial charge in [0, 0.05) is 29.9 Å². The van der Waals surface area contributed by atoms with Crippen molar-refractivity contribution < 1.29 is 5.11 Å². The van der Waals surface area contributed by atoms with Gasteiger partial charge in [-0.15, -0.1) is 0 Å². The summed E-state index contributed by atoms with van der Waals surface area (Å²) in [7, 11) is 0. The number of aryl methyl sites for hydroxylation is 1. The number of aromatic nitrogens is 2. The van der Waals surface area contributed by atoms with Gasteiger partial charge in [-0.2, -0.15) is 11.8 Å². The molecule has 0 atom stereocenters. The molecule has 3 nitrogen and oxygen atoms in total. The first kappa shape index (κ1) is 11.5. The van der Waals surface area contributed by atoms with Crippen molar-refractivity contribution in [3.05, 3.63) is 30.1 Å². The highest BCUT2D eigenvalue weighted by molar-refractivity contribution is 7.98. The van der Waals surface area contributed by atoms with Crippen LogP contribution < -0.4 is 0 Å². The Labute approximate surface area is 99.5 Å². The van der Waals surface area contributed by atoms with E-state index < -0.39 is 0 Å². The van der Waals surface area contributed by atoms with Gasteiger partial charge in [0.1, 0.15) is 5.65 Å². The average Bonchev–Trinajstić information content (AvgIpc) is 2.68. The molecular weight excluding hydrogens is 220 g/mol. The minimum atomic E-state index is 0.0811. The van der Waals surface area contributed by atoms with Gasteiger partial charge in [0.2, 0.25) is 0 Å². The molecule has 0 saturated heterocycles. The quantitative estimate of drug-likeness (QED) is 0.809. The molecule has 2 aromatic heterocycles. The summed E-state index contributed by atoms with van der Waals surface area (Å²) in [6.45, 7) is 1.05. The predicted molar refractivity (Wildman–Crippen MR) is 68.7 cm³/mol. The predicted octanol–water partition coefficient (Wildman–Crippen LogP) is 2.28. The van der Waals surface area contributed by atoms with Crippen LogP contribution in [0.1, 0.15) is 12.0 Å². The van der Waals surface area contributed by atoms with E-state index in [2.05, 4.69) is 15.8 Å². The molecule has 0 aliphatic carbocycles. The number of pyridine rings is 1. The third kappa shape index (κ3) is 2.23. The van der Waals surface area contributed by atoms with E-state index >= 15 is 0 Å². The zero-order valence-corrected chi connectivity index (χ0v) is 10.2. The smallest absolute Gasteiger partial charge is 0.140 e. The Morgan fingerprint density at radius 3 is 3.12 bits per heavy atom. The maximum absolute atomic E-state index is 9.28. The Balaban J connectivity index is 2.30. The summed E-state index contributed by atoms with van der Waals surface area (Å²) in [5.74, 6) is 1.15. The molecule has 2 heterocycles. The van der Waals surface area contributed by atoms with Crippen LogP contribution in [-0.2, 0) is 13.2 Å². The standard InChI is InChI=1S/C12H16N2OS/c1-16-7-3-6-14-8-10(9-15)11-4-2-5-13-12(11)14/h2,4-5,8,15H,3,6-7,9H2,1H3. The summed E-state index contributed by atoms with van der Waals surface area (Å²) in [5.41, 5.74) is 1.94. The summed E-state index contributed by atoms with van der Waals surface area (Å²) >= 11 is 1.86. The first-order chi connectivity index (χ1) is 7.86. The molecule has 0 aromatic carbocycles. The third-order valence-corrected chi connectivity index (χ3v) is 3.33. The normalized spacial score (nSPS) is 11.1. The van der Waals surface area contributed by atoms with Crippen molar-refractivity contribution >= 4 is 22.8 Å². The molecule has 2 aromatic rings. The lowest BCUT2D eigenvalue weighted by molar-refractivity contribution is 0.283. The summed E-state index contributed by atoms with van der Waals surface area (Å²) in [5, 5.41) is 10.3. The average molecular weight is 236 g/mol. The fourth-order valence-electron chi connectivity index (χ4n) is 1.87. The SMILES string of the molecule is CSCCCn1cc(CO)c2cccnc21. The van der Waals surface area contributed by atoms with E-state index in [0.29, 0.717) is 0 Å².